The summed E-state index contributed by atoms with van der Waals surface area (Å²) in [7, 11) is 0. The van der Waals surface area contributed by atoms with Crippen LogP contribution in [-0.4, -0.2) is 49.1 Å². The summed E-state index contributed by atoms with van der Waals surface area (Å²) in [6, 6.07) is 7.93. The lowest BCUT2D eigenvalue weighted by Crippen LogP contribution is -2.48. The molecule has 1 aromatic rings. The number of carbonyl (C=O) groups is 2. The van der Waals surface area contributed by atoms with Crippen LogP contribution < -0.4 is 11.1 Å². The number of morpholine rings is 1. The number of carbonyl (C=O) groups excluding carboxylic acids is 2. The maximum atomic E-state index is 12.7. The van der Waals surface area contributed by atoms with Gasteiger partial charge in [-0.3, -0.25) is 9.59 Å². The van der Waals surface area contributed by atoms with Gasteiger partial charge >= 0.3 is 0 Å². The van der Waals surface area contributed by atoms with E-state index < -0.39 is 0 Å². The van der Waals surface area contributed by atoms with Gasteiger partial charge in [0.1, 0.15) is 0 Å². The molecule has 1 heterocycles. The molecule has 1 saturated heterocycles. The predicted octanol–water partition coefficient (Wildman–Crippen LogP) is 2.18. The van der Waals surface area contributed by atoms with Crippen molar-refractivity contribution in [2.45, 2.75) is 44.6 Å². The molecule has 6 nitrogen and oxygen atoms in total. The van der Waals surface area contributed by atoms with Crippen molar-refractivity contribution < 1.29 is 14.3 Å². The number of rotatable bonds is 4. The number of nitrogens with zero attached hydrogens (tertiary/aromatic N) is 1. The molecule has 3 fully saturated rings. The summed E-state index contributed by atoms with van der Waals surface area (Å²) in [6.45, 7) is 2.56. The molecule has 1 aliphatic heterocycles. The first-order valence-electron chi connectivity index (χ1n) is 10.6. The number of ether oxygens (including phenoxy) is 1. The summed E-state index contributed by atoms with van der Waals surface area (Å²) in [4.78, 5) is 27.0. The molecule has 2 amide bonds. The summed E-state index contributed by atoms with van der Waals surface area (Å²) in [5.74, 6) is 1.30. The van der Waals surface area contributed by atoms with Crippen molar-refractivity contribution in [1.82, 2.24) is 4.90 Å². The summed E-state index contributed by atoms with van der Waals surface area (Å²) >= 11 is 0. The second-order valence-corrected chi connectivity index (χ2v) is 8.55. The van der Waals surface area contributed by atoms with E-state index in [1.165, 1.54) is 6.42 Å². The van der Waals surface area contributed by atoms with Crippen LogP contribution in [-0.2, 0) is 20.7 Å². The van der Waals surface area contributed by atoms with Gasteiger partial charge in [0, 0.05) is 30.7 Å². The number of benzene rings is 1. The minimum absolute atomic E-state index is 0.0673. The number of hydrogen-bond donors (Lipinski definition) is 2. The average Bonchev–Trinajstić information content (AvgIpc) is 2.70. The molecule has 2 unspecified atom stereocenters. The highest BCUT2D eigenvalue weighted by molar-refractivity contribution is 5.92. The Balaban J connectivity index is 1.30. The van der Waals surface area contributed by atoms with Crippen molar-refractivity contribution in [3.05, 3.63) is 29.8 Å². The second kappa shape index (κ2) is 8.62. The fraction of sp³-hybridized carbons (Fsp3) is 0.636. The summed E-state index contributed by atoms with van der Waals surface area (Å²) < 4.78 is 5.29. The van der Waals surface area contributed by atoms with Crippen molar-refractivity contribution in [2.24, 2.45) is 23.5 Å². The van der Waals surface area contributed by atoms with Crippen molar-refractivity contribution in [3.8, 4) is 0 Å². The monoisotopic (exact) mass is 385 g/mol. The maximum Gasteiger partial charge on any atom is 0.227 e. The third kappa shape index (κ3) is 4.39. The highest BCUT2D eigenvalue weighted by atomic mass is 16.5. The van der Waals surface area contributed by atoms with E-state index in [2.05, 4.69) is 5.32 Å². The largest absolute Gasteiger partial charge is 0.378 e. The van der Waals surface area contributed by atoms with E-state index in [4.69, 9.17) is 10.5 Å². The Hall–Kier alpha value is -1.92. The van der Waals surface area contributed by atoms with Crippen LogP contribution in [0.25, 0.3) is 0 Å². The summed E-state index contributed by atoms with van der Waals surface area (Å²) in [5.41, 5.74) is 8.10. The van der Waals surface area contributed by atoms with E-state index in [0.717, 1.165) is 36.9 Å². The fourth-order valence-electron chi connectivity index (χ4n) is 5.05. The third-order valence-corrected chi connectivity index (χ3v) is 6.72. The summed E-state index contributed by atoms with van der Waals surface area (Å²) in [6.07, 6.45) is 5.78. The zero-order valence-electron chi connectivity index (χ0n) is 16.4. The topological polar surface area (TPSA) is 84.7 Å². The molecule has 3 N–H and O–H groups in total. The van der Waals surface area contributed by atoms with Gasteiger partial charge in [0.05, 0.1) is 19.6 Å². The Morgan fingerprint density at radius 2 is 1.71 bits per heavy atom. The lowest BCUT2D eigenvalue weighted by atomic mass is 9.65. The molecule has 0 aromatic heterocycles. The predicted molar refractivity (Wildman–Crippen MR) is 108 cm³/mol. The quantitative estimate of drug-likeness (QED) is 0.832. The Morgan fingerprint density at radius 3 is 2.36 bits per heavy atom. The molecule has 2 saturated carbocycles. The lowest BCUT2D eigenvalue weighted by Gasteiger charge is -2.43. The van der Waals surface area contributed by atoms with Gasteiger partial charge in [0.2, 0.25) is 11.8 Å². The molecule has 3 aliphatic rings. The van der Waals surface area contributed by atoms with Gasteiger partial charge < -0.3 is 20.7 Å². The second-order valence-electron chi connectivity index (χ2n) is 8.55. The van der Waals surface area contributed by atoms with Gasteiger partial charge in [-0.15, -0.1) is 0 Å². The number of amides is 2. The number of hydrogen-bond acceptors (Lipinski definition) is 4. The molecule has 28 heavy (non-hydrogen) atoms. The van der Waals surface area contributed by atoms with Crippen molar-refractivity contribution >= 4 is 17.5 Å². The van der Waals surface area contributed by atoms with Crippen LogP contribution in [0.15, 0.2) is 24.3 Å². The Bertz CT molecular complexity index is 685. The first-order valence-corrected chi connectivity index (χ1v) is 10.6. The maximum absolute atomic E-state index is 12.7. The van der Waals surface area contributed by atoms with Crippen LogP contribution in [0.1, 0.15) is 37.7 Å². The van der Waals surface area contributed by atoms with E-state index in [1.54, 1.807) is 0 Å². The third-order valence-electron chi connectivity index (χ3n) is 6.72. The molecular weight excluding hydrogens is 354 g/mol. The molecule has 6 heteroatoms. The molecule has 2 bridgehead atoms. The van der Waals surface area contributed by atoms with Crippen LogP contribution in [0, 0.1) is 17.8 Å². The highest BCUT2D eigenvalue weighted by Crippen LogP contribution is 2.42. The zero-order valence-corrected chi connectivity index (χ0v) is 16.4. The van der Waals surface area contributed by atoms with E-state index in [-0.39, 0.29) is 23.8 Å². The van der Waals surface area contributed by atoms with Crippen molar-refractivity contribution in [1.29, 1.82) is 0 Å². The molecule has 0 spiro atoms. The fourth-order valence-corrected chi connectivity index (χ4v) is 5.05. The Morgan fingerprint density at radius 1 is 1.07 bits per heavy atom. The van der Waals surface area contributed by atoms with Crippen LogP contribution in [0.5, 0.6) is 0 Å². The van der Waals surface area contributed by atoms with E-state index in [1.807, 2.05) is 29.2 Å². The lowest BCUT2D eigenvalue weighted by molar-refractivity contribution is -0.134. The Kier molecular flexibility index (Phi) is 5.97. The minimum Gasteiger partial charge on any atom is -0.378 e. The van der Waals surface area contributed by atoms with Crippen LogP contribution >= 0.6 is 0 Å². The SMILES string of the molecule is NC1C2CCCC1CC(C(=O)Nc1ccc(CC(=O)N3CCOCC3)cc1)C2. The van der Waals surface area contributed by atoms with E-state index in [0.29, 0.717) is 44.6 Å². The Labute approximate surface area is 166 Å². The van der Waals surface area contributed by atoms with Crippen molar-refractivity contribution in [2.75, 3.05) is 31.6 Å². The van der Waals surface area contributed by atoms with Gasteiger partial charge in [-0.2, -0.15) is 0 Å². The summed E-state index contributed by atoms with van der Waals surface area (Å²) in [5, 5.41) is 3.07. The number of anilines is 1. The van der Waals surface area contributed by atoms with E-state index >= 15 is 0 Å². The normalized spacial score (nSPS) is 30.0. The first-order chi connectivity index (χ1) is 13.6. The van der Waals surface area contributed by atoms with Gasteiger partial charge in [-0.05, 0) is 55.2 Å². The number of fused-ring (bicyclic) bond motifs is 2. The zero-order chi connectivity index (χ0) is 19.5. The highest BCUT2D eigenvalue weighted by Gasteiger charge is 2.40. The number of nitrogens with one attached hydrogen (secondary N) is 1. The molecule has 1 aromatic carbocycles. The van der Waals surface area contributed by atoms with Gasteiger partial charge in [-0.1, -0.05) is 18.6 Å². The molecule has 4 rings (SSSR count). The molecule has 2 atom stereocenters. The van der Waals surface area contributed by atoms with E-state index in [9.17, 15) is 9.59 Å². The number of nitrogens with two attached hydrogens (primary N) is 1. The minimum atomic E-state index is 0.0673. The van der Waals surface area contributed by atoms with Crippen LogP contribution in [0.3, 0.4) is 0 Å². The van der Waals surface area contributed by atoms with Crippen LogP contribution in [0.4, 0.5) is 5.69 Å². The smallest absolute Gasteiger partial charge is 0.227 e. The first kappa shape index (κ1) is 19.4. The van der Waals surface area contributed by atoms with Gasteiger partial charge in [-0.25, -0.2) is 0 Å². The average molecular weight is 386 g/mol. The molecule has 0 radical (unpaired) electrons. The molecule has 152 valence electrons. The van der Waals surface area contributed by atoms with Gasteiger partial charge in [0.15, 0.2) is 0 Å². The van der Waals surface area contributed by atoms with Crippen molar-refractivity contribution in [3.63, 3.8) is 0 Å². The molecular formula is C22H31N3O3. The van der Waals surface area contributed by atoms with Crippen LogP contribution in [0.2, 0.25) is 0 Å². The molecule has 2 aliphatic carbocycles. The van der Waals surface area contributed by atoms with Gasteiger partial charge in [0.25, 0.3) is 0 Å². The standard InChI is InChI=1S/C22H31N3O3/c23-21-16-2-1-3-17(21)14-18(13-16)22(27)24-19-6-4-15(5-7-19)12-20(26)25-8-10-28-11-9-25/h4-7,16-18,21H,1-3,8-14,23H2,(H,24,27).